The maximum atomic E-state index is 12.7. The second-order valence-electron chi connectivity index (χ2n) is 8.06. The highest BCUT2D eigenvalue weighted by Crippen LogP contribution is 2.40. The van der Waals surface area contributed by atoms with E-state index in [2.05, 4.69) is 5.32 Å². The van der Waals surface area contributed by atoms with Gasteiger partial charge >= 0.3 is 0 Å². The second-order valence-corrected chi connectivity index (χ2v) is 8.06. The molecular formula is C21H28N2O4. The van der Waals surface area contributed by atoms with Gasteiger partial charge < -0.3 is 15.0 Å². The summed E-state index contributed by atoms with van der Waals surface area (Å²) in [6.45, 7) is 7.89. The van der Waals surface area contributed by atoms with Gasteiger partial charge in [-0.2, -0.15) is 0 Å². The summed E-state index contributed by atoms with van der Waals surface area (Å²) < 4.78 is 6.27. The molecule has 2 aliphatic heterocycles. The lowest BCUT2D eigenvalue weighted by atomic mass is 9.84. The van der Waals surface area contributed by atoms with Gasteiger partial charge in [-0.3, -0.25) is 14.4 Å². The number of rotatable bonds is 3. The maximum absolute atomic E-state index is 12.7. The SMILES string of the molecule is Cc1ccc2c(c1)C(=O)C[C@@]1(CCC(=O)N([C@@H](C)C(=O)NC(C)C)CC1)O2. The van der Waals surface area contributed by atoms with Crippen molar-refractivity contribution in [1.29, 1.82) is 0 Å². The number of hydrogen-bond donors (Lipinski definition) is 1. The number of fused-ring (bicyclic) bond motifs is 1. The van der Waals surface area contributed by atoms with E-state index in [-0.39, 0.29) is 36.5 Å². The fourth-order valence-corrected chi connectivity index (χ4v) is 3.90. The molecule has 1 aromatic carbocycles. The van der Waals surface area contributed by atoms with Crippen LogP contribution in [0.5, 0.6) is 5.75 Å². The predicted molar refractivity (Wildman–Crippen MR) is 102 cm³/mol. The van der Waals surface area contributed by atoms with Crippen LogP contribution in [0.15, 0.2) is 18.2 Å². The summed E-state index contributed by atoms with van der Waals surface area (Å²) in [5.74, 6) is 0.439. The van der Waals surface area contributed by atoms with E-state index < -0.39 is 11.6 Å². The van der Waals surface area contributed by atoms with E-state index in [1.165, 1.54) is 0 Å². The molecule has 1 saturated heterocycles. The first-order valence-electron chi connectivity index (χ1n) is 9.63. The second kappa shape index (κ2) is 7.33. The van der Waals surface area contributed by atoms with Crippen LogP contribution in [-0.2, 0) is 9.59 Å². The molecule has 27 heavy (non-hydrogen) atoms. The van der Waals surface area contributed by atoms with Crippen molar-refractivity contribution in [3.8, 4) is 5.75 Å². The topological polar surface area (TPSA) is 75.7 Å². The molecule has 1 aromatic rings. The highest BCUT2D eigenvalue weighted by atomic mass is 16.5. The Morgan fingerprint density at radius 3 is 2.67 bits per heavy atom. The Bertz CT molecular complexity index is 773. The smallest absolute Gasteiger partial charge is 0.242 e. The molecule has 0 bridgehead atoms. The molecule has 6 heteroatoms. The van der Waals surface area contributed by atoms with Crippen LogP contribution in [0, 0.1) is 6.92 Å². The number of carbonyl (C=O) groups excluding carboxylic acids is 3. The Kier molecular flexibility index (Phi) is 5.27. The maximum Gasteiger partial charge on any atom is 0.242 e. The molecule has 0 aliphatic carbocycles. The normalized spacial score (nSPS) is 23.7. The zero-order valence-corrected chi connectivity index (χ0v) is 16.5. The molecule has 146 valence electrons. The summed E-state index contributed by atoms with van der Waals surface area (Å²) >= 11 is 0. The number of likely N-dealkylation sites (tertiary alicyclic amines) is 1. The van der Waals surface area contributed by atoms with Crippen molar-refractivity contribution in [2.75, 3.05) is 6.54 Å². The van der Waals surface area contributed by atoms with Crippen molar-refractivity contribution in [2.45, 2.75) is 71.1 Å². The van der Waals surface area contributed by atoms with Crippen molar-refractivity contribution in [2.24, 2.45) is 0 Å². The van der Waals surface area contributed by atoms with Crippen LogP contribution < -0.4 is 10.1 Å². The van der Waals surface area contributed by atoms with Gasteiger partial charge in [0.15, 0.2) is 5.78 Å². The molecule has 0 unspecified atom stereocenters. The largest absolute Gasteiger partial charge is 0.486 e. The molecule has 2 amide bonds. The number of nitrogens with zero attached hydrogens (tertiary/aromatic N) is 1. The highest BCUT2D eigenvalue weighted by molar-refractivity contribution is 6.00. The Hall–Kier alpha value is -2.37. The third-order valence-electron chi connectivity index (χ3n) is 5.45. The highest BCUT2D eigenvalue weighted by Gasteiger charge is 2.44. The lowest BCUT2D eigenvalue weighted by Crippen LogP contribution is -2.50. The van der Waals surface area contributed by atoms with Crippen LogP contribution in [-0.4, -0.2) is 46.7 Å². The van der Waals surface area contributed by atoms with Crippen LogP contribution in [0.2, 0.25) is 0 Å². The summed E-state index contributed by atoms with van der Waals surface area (Å²) in [4.78, 5) is 39.3. The van der Waals surface area contributed by atoms with Gasteiger partial charge in [-0.05, 0) is 46.2 Å². The molecule has 3 rings (SSSR count). The van der Waals surface area contributed by atoms with Gasteiger partial charge in [-0.15, -0.1) is 0 Å². The molecule has 1 N–H and O–H groups in total. The standard InChI is InChI=1S/C21H28N2O4/c1-13(2)22-20(26)15(4)23-10-9-21(8-7-19(23)25)12-17(24)16-11-14(3)5-6-18(16)27-21/h5-6,11,13,15H,7-10,12H2,1-4H3,(H,22,26)/t15-,21-/m0/s1. The van der Waals surface area contributed by atoms with E-state index in [0.29, 0.717) is 30.7 Å². The monoisotopic (exact) mass is 372 g/mol. The first kappa shape index (κ1) is 19.4. The Balaban J connectivity index is 1.78. The van der Waals surface area contributed by atoms with Crippen LogP contribution in [0.3, 0.4) is 0 Å². The van der Waals surface area contributed by atoms with Crippen LogP contribution in [0.25, 0.3) is 0 Å². The molecule has 0 saturated carbocycles. The molecule has 1 fully saturated rings. The number of ketones is 1. The number of benzene rings is 1. The van der Waals surface area contributed by atoms with E-state index >= 15 is 0 Å². The van der Waals surface area contributed by atoms with Gasteiger partial charge in [0, 0.05) is 25.4 Å². The fourth-order valence-electron chi connectivity index (χ4n) is 3.90. The average Bonchev–Trinajstić information content (AvgIpc) is 2.74. The van der Waals surface area contributed by atoms with Crippen molar-refractivity contribution in [3.05, 3.63) is 29.3 Å². The first-order valence-corrected chi connectivity index (χ1v) is 9.63. The van der Waals surface area contributed by atoms with Crippen molar-refractivity contribution in [3.63, 3.8) is 0 Å². The Morgan fingerprint density at radius 2 is 1.96 bits per heavy atom. The van der Waals surface area contributed by atoms with Crippen LogP contribution in [0.4, 0.5) is 0 Å². The molecule has 2 atom stereocenters. The average molecular weight is 372 g/mol. The number of ether oxygens (including phenoxy) is 1. The Labute approximate surface area is 160 Å². The van der Waals surface area contributed by atoms with Gasteiger partial charge in [0.05, 0.1) is 12.0 Å². The molecule has 2 heterocycles. The third-order valence-corrected chi connectivity index (χ3v) is 5.45. The number of carbonyl (C=O) groups is 3. The summed E-state index contributed by atoms with van der Waals surface area (Å²) in [6, 6.07) is 5.11. The van der Waals surface area contributed by atoms with Gasteiger partial charge in [-0.1, -0.05) is 11.6 Å². The van der Waals surface area contributed by atoms with Gasteiger partial charge in [0.25, 0.3) is 0 Å². The molecule has 0 radical (unpaired) electrons. The zero-order chi connectivity index (χ0) is 19.8. The van der Waals surface area contributed by atoms with Crippen LogP contribution in [0.1, 0.15) is 62.4 Å². The van der Waals surface area contributed by atoms with Crippen molar-refractivity contribution >= 4 is 17.6 Å². The molecule has 2 aliphatic rings. The lowest BCUT2D eigenvalue weighted by Gasteiger charge is -2.37. The summed E-state index contributed by atoms with van der Waals surface area (Å²) in [6.07, 6.45) is 1.57. The van der Waals surface area contributed by atoms with Crippen molar-refractivity contribution < 1.29 is 19.1 Å². The Morgan fingerprint density at radius 1 is 1.22 bits per heavy atom. The number of aryl methyl sites for hydroxylation is 1. The molecular weight excluding hydrogens is 344 g/mol. The molecule has 0 aromatic heterocycles. The van der Waals surface area contributed by atoms with Gasteiger partial charge in [0.2, 0.25) is 11.8 Å². The summed E-state index contributed by atoms with van der Waals surface area (Å²) in [7, 11) is 0. The minimum absolute atomic E-state index is 0.0210. The predicted octanol–water partition coefficient (Wildman–Crippen LogP) is 2.62. The van der Waals surface area contributed by atoms with Crippen LogP contribution >= 0.6 is 0 Å². The van der Waals surface area contributed by atoms with Crippen molar-refractivity contribution in [1.82, 2.24) is 10.2 Å². The fraction of sp³-hybridized carbons (Fsp3) is 0.571. The quantitative estimate of drug-likeness (QED) is 0.885. The summed E-state index contributed by atoms with van der Waals surface area (Å²) in [5.41, 5.74) is 0.976. The van der Waals surface area contributed by atoms with Gasteiger partial charge in [-0.25, -0.2) is 0 Å². The van der Waals surface area contributed by atoms with E-state index in [1.807, 2.05) is 39.0 Å². The zero-order valence-electron chi connectivity index (χ0n) is 16.5. The van der Waals surface area contributed by atoms with E-state index in [1.54, 1.807) is 11.8 Å². The van der Waals surface area contributed by atoms with E-state index in [4.69, 9.17) is 4.74 Å². The number of nitrogens with one attached hydrogen (secondary N) is 1. The summed E-state index contributed by atoms with van der Waals surface area (Å²) in [5, 5.41) is 2.86. The number of hydrogen-bond acceptors (Lipinski definition) is 4. The van der Waals surface area contributed by atoms with E-state index in [0.717, 1.165) is 5.56 Å². The van der Waals surface area contributed by atoms with Gasteiger partial charge in [0.1, 0.15) is 17.4 Å². The third kappa shape index (κ3) is 3.99. The minimum atomic E-state index is -0.669. The first-order chi connectivity index (χ1) is 12.7. The number of Topliss-reactive ketones (excluding diaryl/α,β-unsaturated/α-hetero) is 1. The van der Waals surface area contributed by atoms with E-state index in [9.17, 15) is 14.4 Å². The number of amides is 2. The lowest BCUT2D eigenvalue weighted by molar-refractivity contribution is -0.139. The molecule has 1 spiro atoms. The molecule has 6 nitrogen and oxygen atoms in total. The minimum Gasteiger partial charge on any atom is -0.486 e.